The molecule has 4 aromatic heterocycles. The molecule has 74 heavy (non-hydrogen) atoms. The minimum atomic E-state index is -1.06. The number of benzene rings is 2. The first-order chi connectivity index (χ1) is 35.7. The molecule has 0 bridgehead atoms. The average molecular weight is 1010 g/mol. The molecular weight excluding hydrogens is 949 g/mol. The van der Waals surface area contributed by atoms with Gasteiger partial charge in [0.2, 0.25) is 17.7 Å². The molecule has 0 unspecified atom stereocenters. The van der Waals surface area contributed by atoms with Gasteiger partial charge in [0, 0.05) is 73.6 Å². The lowest BCUT2D eigenvalue weighted by molar-refractivity contribution is -0.137. The van der Waals surface area contributed by atoms with Gasteiger partial charge in [0.25, 0.3) is 11.8 Å². The Hall–Kier alpha value is -8.95. The third-order valence-electron chi connectivity index (χ3n) is 12.5. The lowest BCUT2D eigenvalue weighted by Crippen LogP contribution is -2.54. The predicted octanol–water partition coefficient (Wildman–Crippen LogP) is 4.51. The second-order valence-corrected chi connectivity index (χ2v) is 18.3. The number of hydrogen-bond acceptors (Lipinski definition) is 13. The summed E-state index contributed by atoms with van der Waals surface area (Å²) in [5.41, 5.74) is 14.2. The maximum Gasteiger partial charge on any atom is 0.410 e. The summed E-state index contributed by atoms with van der Waals surface area (Å²) < 4.78 is 7.42. The summed E-state index contributed by atoms with van der Waals surface area (Å²) in [5.74, 6) is -2.13. The molecule has 2 atom stereocenters. The number of anilines is 2. The number of nitrogens with one attached hydrogen (secondary N) is 6. The Bertz CT molecular complexity index is 3080. The zero-order valence-electron chi connectivity index (χ0n) is 41.2. The molecule has 2 aliphatic heterocycles. The van der Waals surface area contributed by atoms with E-state index in [9.17, 15) is 33.6 Å². The molecule has 2 aromatic carbocycles. The zero-order chi connectivity index (χ0) is 52.3. The summed E-state index contributed by atoms with van der Waals surface area (Å²) in [6.45, 7) is 6.90. The molecule has 0 aliphatic carbocycles. The first-order valence-electron chi connectivity index (χ1n) is 24.3. The van der Waals surface area contributed by atoms with E-state index < -0.39 is 53.7 Å². The van der Waals surface area contributed by atoms with Crippen LogP contribution in [0, 0.1) is 12.8 Å². The van der Waals surface area contributed by atoms with Crippen LogP contribution in [0.3, 0.4) is 0 Å². The molecule has 0 fully saturated rings. The van der Waals surface area contributed by atoms with E-state index in [1.165, 1.54) is 18.5 Å². The molecule has 0 saturated carbocycles. The van der Waals surface area contributed by atoms with Crippen molar-refractivity contribution < 1.29 is 38.3 Å². The van der Waals surface area contributed by atoms with Gasteiger partial charge in [-0.15, -0.1) is 0 Å². The molecule has 6 aromatic rings. The number of nitrogens with two attached hydrogens (primary N) is 1. The van der Waals surface area contributed by atoms with Gasteiger partial charge in [-0.2, -0.15) is 5.10 Å². The molecule has 0 saturated heterocycles. The van der Waals surface area contributed by atoms with Gasteiger partial charge in [0.05, 0.1) is 23.6 Å². The number of H-pyrrole nitrogens is 1. The summed E-state index contributed by atoms with van der Waals surface area (Å²) in [7, 11) is 0. The van der Waals surface area contributed by atoms with Crippen LogP contribution in [0.4, 0.5) is 21.0 Å². The number of carbonyl (C=O) groups is 7. The number of pyridine rings is 2. The number of aromatic nitrogens is 6. The summed E-state index contributed by atoms with van der Waals surface area (Å²) in [4.78, 5) is 109. The van der Waals surface area contributed by atoms with E-state index in [0.717, 1.165) is 61.5 Å². The Kier molecular flexibility index (Phi) is 16.3. The predicted molar refractivity (Wildman–Crippen MR) is 272 cm³/mol. The molecule has 8 amide bonds. The molecule has 22 heteroatoms. The molecule has 0 spiro atoms. The Labute approximate surface area is 425 Å². The number of primary amides is 1. The van der Waals surface area contributed by atoms with Crippen molar-refractivity contribution >= 4 is 58.7 Å². The number of aryl methyl sites for hydroxylation is 1. The number of amides is 8. The Morgan fingerprint density at radius 3 is 2.42 bits per heavy atom. The van der Waals surface area contributed by atoms with Crippen LogP contribution in [0.2, 0.25) is 0 Å². The fourth-order valence-corrected chi connectivity index (χ4v) is 8.57. The van der Waals surface area contributed by atoms with E-state index >= 15 is 0 Å². The van der Waals surface area contributed by atoms with Crippen LogP contribution in [-0.4, -0.2) is 113 Å². The molecule has 0 radical (unpaired) electrons. The van der Waals surface area contributed by atoms with Gasteiger partial charge in [-0.1, -0.05) is 38.1 Å². The molecule has 6 heterocycles. The fourth-order valence-electron chi connectivity index (χ4n) is 8.57. The number of aromatic amines is 1. The third kappa shape index (κ3) is 13.1. The first-order valence-corrected chi connectivity index (χ1v) is 24.3. The van der Waals surface area contributed by atoms with E-state index in [4.69, 9.17) is 20.4 Å². The van der Waals surface area contributed by atoms with Crippen LogP contribution in [0.15, 0.2) is 97.5 Å². The number of imide groups is 1. The number of ether oxygens (including phenoxy) is 1. The number of urea groups is 1. The smallest absolute Gasteiger partial charge is 0.410 e. The van der Waals surface area contributed by atoms with Crippen LogP contribution in [0.1, 0.15) is 67.7 Å². The number of nitrogens with zero attached hydrogens (tertiary/aromatic N) is 7. The summed E-state index contributed by atoms with van der Waals surface area (Å²) in [6.07, 6.45) is 6.49. The van der Waals surface area contributed by atoms with Crippen molar-refractivity contribution in [2.24, 2.45) is 11.7 Å². The second-order valence-electron chi connectivity index (χ2n) is 18.3. The van der Waals surface area contributed by atoms with Crippen molar-refractivity contribution in [3.63, 3.8) is 0 Å². The Balaban J connectivity index is 0.817. The number of rotatable bonds is 21. The van der Waals surface area contributed by atoms with Gasteiger partial charge in [-0.05, 0) is 104 Å². The highest BCUT2D eigenvalue weighted by Gasteiger charge is 2.30. The molecule has 22 nitrogen and oxygen atoms in total. The quantitative estimate of drug-likeness (QED) is 0.0386. The van der Waals surface area contributed by atoms with Crippen molar-refractivity contribution in [2.75, 3.05) is 30.3 Å². The van der Waals surface area contributed by atoms with Crippen molar-refractivity contribution in [1.82, 2.24) is 55.3 Å². The second kappa shape index (κ2) is 23.5. The van der Waals surface area contributed by atoms with Crippen LogP contribution < -0.4 is 32.3 Å². The maximum atomic E-state index is 13.6. The SMILES string of the molecule is Cc1cccc(-c2[nH]c(CNc3ccc4c(c3)CCN(C(=O)OCc3ccc(NC(=O)[C@H](CCCNC(N)=O)NC(=O)[C@@H](NC(=O)CCCN5C(=O)C=CC5=O)C(C)C)cc3)C4)nc2-c2ccc3ncnn3c2)n1. The number of hydrogen-bond donors (Lipinski definition) is 7. The van der Waals surface area contributed by atoms with Crippen LogP contribution >= 0.6 is 0 Å². The van der Waals surface area contributed by atoms with E-state index in [-0.39, 0.29) is 44.9 Å². The van der Waals surface area contributed by atoms with E-state index in [2.05, 4.69) is 47.7 Å². The Morgan fingerprint density at radius 2 is 1.66 bits per heavy atom. The Morgan fingerprint density at radius 1 is 0.878 bits per heavy atom. The average Bonchev–Trinajstić information content (AvgIpc) is 4.13. The van der Waals surface area contributed by atoms with Gasteiger partial charge >= 0.3 is 12.1 Å². The standard InChI is InChI=1S/C52H58N14O8/c1-31(2)46(63-43(67)10-6-23-65-44(68)19-20-45(65)69)50(71)60-40(9-5-22-54-51(53)72)49(70)59-37-15-11-33(12-16-37)29-74-52(73)64-24-21-34-25-38(17-13-35(34)27-64)55-26-41-61-47(36-14-18-42-56-30-57-66(42)28-36)48(62-41)39-8-4-7-32(3)58-39/h4,7-8,11-20,25,28,30-31,40,46,55H,5-6,9-10,21-24,26-27,29H2,1-3H3,(H,59,70)(H,60,71)(H,61,62)(H,63,67)(H3,53,54,72)/t40-,46-/m0/s1. The van der Waals surface area contributed by atoms with Gasteiger partial charge in [-0.3, -0.25) is 33.9 Å². The summed E-state index contributed by atoms with van der Waals surface area (Å²) in [5, 5.41) is 18.5. The summed E-state index contributed by atoms with van der Waals surface area (Å²) in [6, 6.07) is 19.8. The van der Waals surface area contributed by atoms with Gasteiger partial charge in [0.1, 0.15) is 30.8 Å². The minimum Gasteiger partial charge on any atom is -0.445 e. The van der Waals surface area contributed by atoms with E-state index in [1.54, 1.807) is 47.5 Å². The van der Waals surface area contributed by atoms with Crippen LogP contribution in [0.25, 0.3) is 28.3 Å². The van der Waals surface area contributed by atoms with Gasteiger partial charge < -0.3 is 46.9 Å². The van der Waals surface area contributed by atoms with Crippen LogP contribution in [0.5, 0.6) is 0 Å². The van der Waals surface area contributed by atoms with Crippen molar-refractivity contribution in [2.45, 2.75) is 84.7 Å². The number of imidazole rings is 1. The number of carbonyl (C=O) groups excluding carboxylic acids is 7. The highest BCUT2D eigenvalue weighted by atomic mass is 16.6. The van der Waals surface area contributed by atoms with Crippen molar-refractivity contribution in [1.29, 1.82) is 0 Å². The normalized spacial score (nSPS) is 13.9. The number of fused-ring (bicyclic) bond motifs is 2. The van der Waals surface area contributed by atoms with Gasteiger partial charge in [0.15, 0.2) is 5.65 Å². The fraction of sp³-hybridized carbons (Fsp3) is 0.327. The molecule has 384 valence electrons. The molecule has 8 rings (SSSR count). The lowest BCUT2D eigenvalue weighted by Gasteiger charge is -2.28. The highest BCUT2D eigenvalue weighted by molar-refractivity contribution is 6.12. The first kappa shape index (κ1) is 51.4. The largest absolute Gasteiger partial charge is 0.445 e. The highest BCUT2D eigenvalue weighted by Crippen LogP contribution is 2.30. The topological polar surface area (TPSA) is 293 Å². The van der Waals surface area contributed by atoms with Crippen molar-refractivity contribution in [3.8, 4) is 22.6 Å². The van der Waals surface area contributed by atoms with E-state index in [0.29, 0.717) is 43.7 Å². The lowest BCUT2D eigenvalue weighted by atomic mass is 9.99. The van der Waals surface area contributed by atoms with Gasteiger partial charge in [-0.25, -0.2) is 24.1 Å². The maximum absolute atomic E-state index is 13.6. The summed E-state index contributed by atoms with van der Waals surface area (Å²) >= 11 is 0. The zero-order valence-corrected chi connectivity index (χ0v) is 41.2. The molecule has 8 N–H and O–H groups in total. The minimum absolute atomic E-state index is 0.00987. The molecule has 2 aliphatic rings. The monoisotopic (exact) mass is 1010 g/mol. The van der Waals surface area contributed by atoms with E-state index in [1.807, 2.05) is 55.6 Å². The molecular formula is C52H58N14O8. The van der Waals surface area contributed by atoms with Crippen LogP contribution in [-0.2, 0) is 54.8 Å². The van der Waals surface area contributed by atoms with Crippen molar-refractivity contribution in [3.05, 3.63) is 126 Å². The third-order valence-corrected chi connectivity index (χ3v) is 12.5.